The van der Waals surface area contributed by atoms with Crippen molar-refractivity contribution in [2.24, 2.45) is 0 Å². The molecule has 12 rings (SSSR count). The number of aryl methyl sites for hydroxylation is 7. The van der Waals surface area contributed by atoms with E-state index in [2.05, 4.69) is 306 Å². The van der Waals surface area contributed by atoms with Gasteiger partial charge in [-0.1, -0.05) is 305 Å². The molecule has 0 amide bonds. The number of allylic oxidation sites excluding steroid dienone is 5. The molecule has 0 unspecified atom stereocenters. The summed E-state index contributed by atoms with van der Waals surface area (Å²) in [6.07, 6.45) is 7.23. The normalized spacial score (nSPS) is 12.0. The molecule has 1 aliphatic rings. The second kappa shape index (κ2) is 29.4. The molecule has 0 heterocycles. The largest absolute Gasteiger partial charge is 0.207 e. The maximum absolute atomic E-state index is 12.2. The van der Waals surface area contributed by atoms with E-state index in [1.54, 1.807) is 6.07 Å². The van der Waals surface area contributed by atoms with Crippen LogP contribution < -0.4 is 0 Å². The molecule has 1 aliphatic carbocycles. The molecule has 0 bridgehead atoms. The highest BCUT2D eigenvalue weighted by molar-refractivity contribution is 6.05. The fraction of sp³-hybridized carbons (Fsp3) is 0.167. The highest BCUT2D eigenvalue weighted by atomic mass is 19.1. The van der Waals surface area contributed by atoms with Crippen LogP contribution in [0.25, 0.3) is 49.7 Å². The van der Waals surface area contributed by atoms with Gasteiger partial charge in [-0.15, -0.1) is 0 Å². The molecule has 426 valence electrons. The van der Waals surface area contributed by atoms with Crippen molar-refractivity contribution in [3.05, 3.63) is 363 Å². The van der Waals surface area contributed by atoms with Crippen molar-refractivity contribution in [3.8, 4) is 33.4 Å². The van der Waals surface area contributed by atoms with Crippen LogP contribution in [0, 0.1) is 47.4 Å². The minimum Gasteiger partial charge on any atom is -0.207 e. The maximum atomic E-state index is 12.2. The standard InChI is InChI=1S/C43H32.C17H22.C9H12.C8H10.C7H7F/c1-29-17-26-39-40(27-29)43(35-22-18-33(19-23-35)31-11-5-3-6-12-31,36-24-20-34(21-25-36)32-13-7-4-8-14-32)41-28-30(2)37-15-9-10-16-38(37)42(39)41;1-6-9-13(4)16(8-3)17-11-10-15(7-2)12-14(17)5;1-8(2)9-6-4-3-5-7-9;1-7-4-3-5-8(2)6-7;1-6-3-2-4-7(8)5-6/h3-28H,1-2H3;6,8-12H,3,7H2,1-2,4-5H3;3-8H,1-2H3;3-6H,1-2H3;2-5H,1H3/b;9-6-,16-13+;;;. The zero-order valence-corrected chi connectivity index (χ0v) is 51.9. The minimum atomic E-state index is -0.448. The van der Waals surface area contributed by atoms with Crippen molar-refractivity contribution in [2.45, 2.75) is 93.9 Å². The summed E-state index contributed by atoms with van der Waals surface area (Å²) in [6, 6.07) is 90.5. The lowest BCUT2D eigenvalue weighted by molar-refractivity contribution is 0.626. The fourth-order valence-corrected chi connectivity index (χ4v) is 11.7. The lowest BCUT2D eigenvalue weighted by Crippen LogP contribution is -2.28. The topological polar surface area (TPSA) is 0 Å². The molecule has 11 aromatic carbocycles. The van der Waals surface area contributed by atoms with E-state index in [-0.39, 0.29) is 5.82 Å². The van der Waals surface area contributed by atoms with E-state index in [9.17, 15) is 4.39 Å². The van der Waals surface area contributed by atoms with Gasteiger partial charge in [0.2, 0.25) is 0 Å². The Morgan fingerprint density at radius 3 is 1.41 bits per heavy atom. The monoisotopic (exact) mass is 1110 g/mol. The van der Waals surface area contributed by atoms with Gasteiger partial charge < -0.3 is 0 Å². The average molecular weight is 1110 g/mol. The average Bonchev–Trinajstić information content (AvgIpc) is 1.59. The quantitative estimate of drug-likeness (QED) is 0.126. The van der Waals surface area contributed by atoms with Crippen LogP contribution in [0.4, 0.5) is 4.39 Å². The van der Waals surface area contributed by atoms with Crippen molar-refractivity contribution < 1.29 is 4.39 Å². The molecular weight excluding hydrogens is 1030 g/mol. The third-order valence-corrected chi connectivity index (χ3v) is 16.0. The molecule has 0 saturated carbocycles. The summed E-state index contributed by atoms with van der Waals surface area (Å²) >= 11 is 0. The summed E-state index contributed by atoms with van der Waals surface area (Å²) in [4.78, 5) is 0. The van der Waals surface area contributed by atoms with Crippen molar-refractivity contribution in [1.82, 2.24) is 0 Å². The van der Waals surface area contributed by atoms with Crippen LogP contribution in [0.2, 0.25) is 0 Å². The third kappa shape index (κ3) is 15.0. The molecule has 0 N–H and O–H groups in total. The number of hydrogen-bond acceptors (Lipinski definition) is 0. The molecule has 0 saturated heterocycles. The van der Waals surface area contributed by atoms with E-state index >= 15 is 0 Å². The summed E-state index contributed by atoms with van der Waals surface area (Å²) in [5, 5.41) is 2.65. The first-order valence-corrected chi connectivity index (χ1v) is 30.0. The molecule has 0 spiro atoms. The molecule has 0 aromatic heterocycles. The second-order valence-electron chi connectivity index (χ2n) is 22.7. The lowest BCUT2D eigenvalue weighted by atomic mass is 9.67. The minimum absolute atomic E-state index is 0.162. The summed E-state index contributed by atoms with van der Waals surface area (Å²) < 4.78 is 12.2. The van der Waals surface area contributed by atoms with Crippen molar-refractivity contribution in [1.29, 1.82) is 0 Å². The lowest BCUT2D eigenvalue weighted by Gasteiger charge is -2.34. The van der Waals surface area contributed by atoms with Crippen LogP contribution in [-0.2, 0) is 11.8 Å². The Morgan fingerprint density at radius 2 is 0.965 bits per heavy atom. The molecule has 0 radical (unpaired) electrons. The van der Waals surface area contributed by atoms with Gasteiger partial charge in [0.15, 0.2) is 0 Å². The Hall–Kier alpha value is -9.17. The Balaban J connectivity index is 0.000000181. The predicted molar refractivity (Wildman–Crippen MR) is 367 cm³/mol. The summed E-state index contributed by atoms with van der Waals surface area (Å²) in [5.74, 6) is 0.496. The number of hydrogen-bond donors (Lipinski definition) is 0. The summed E-state index contributed by atoms with van der Waals surface area (Å²) in [7, 11) is 0. The van der Waals surface area contributed by atoms with Gasteiger partial charge in [-0.2, -0.15) is 0 Å². The number of benzene rings is 11. The van der Waals surface area contributed by atoms with Gasteiger partial charge in [-0.3, -0.25) is 0 Å². The van der Waals surface area contributed by atoms with E-state index in [0.29, 0.717) is 5.92 Å². The molecule has 85 heavy (non-hydrogen) atoms. The maximum Gasteiger partial charge on any atom is 0.123 e. The molecular formula is C84H83F. The first kappa shape index (κ1) is 61.9. The van der Waals surface area contributed by atoms with Crippen LogP contribution in [-0.4, -0.2) is 0 Å². The van der Waals surface area contributed by atoms with Gasteiger partial charge in [0, 0.05) is 0 Å². The first-order valence-electron chi connectivity index (χ1n) is 30.0. The number of rotatable bonds is 9. The van der Waals surface area contributed by atoms with Crippen molar-refractivity contribution >= 4 is 16.3 Å². The van der Waals surface area contributed by atoms with Gasteiger partial charge in [0.1, 0.15) is 5.82 Å². The van der Waals surface area contributed by atoms with Gasteiger partial charge in [0.25, 0.3) is 0 Å². The van der Waals surface area contributed by atoms with E-state index in [1.807, 2.05) is 32.1 Å². The van der Waals surface area contributed by atoms with Gasteiger partial charge in [0.05, 0.1) is 5.41 Å². The van der Waals surface area contributed by atoms with Crippen molar-refractivity contribution in [2.75, 3.05) is 0 Å². The summed E-state index contributed by atoms with van der Waals surface area (Å²) in [5.41, 5.74) is 26.6. The SMILES string of the molecule is C=C/C(=C(C)\C=C/C)c1ccc(CC)cc1C.CC(C)c1ccccc1.Cc1ccc2c(c1)C(c1ccc(-c3ccccc3)cc1)(c1ccc(-c3ccccc3)cc1)c1cc(C)c3ccccc3c1-2.Cc1cccc(C)c1.Cc1cccc(F)c1. The highest BCUT2D eigenvalue weighted by Gasteiger charge is 2.47. The fourth-order valence-electron chi connectivity index (χ4n) is 11.7. The Kier molecular flexibility index (Phi) is 21.4. The number of fused-ring (bicyclic) bond motifs is 5. The van der Waals surface area contributed by atoms with Crippen LogP contribution >= 0.6 is 0 Å². The zero-order valence-electron chi connectivity index (χ0n) is 51.9. The highest BCUT2D eigenvalue weighted by Crippen LogP contribution is 2.58. The predicted octanol–water partition coefficient (Wildman–Crippen LogP) is 23.5. The van der Waals surface area contributed by atoms with E-state index < -0.39 is 5.41 Å². The van der Waals surface area contributed by atoms with Gasteiger partial charge in [-0.25, -0.2) is 4.39 Å². The van der Waals surface area contributed by atoms with Crippen LogP contribution in [0.1, 0.15) is 113 Å². The van der Waals surface area contributed by atoms with Crippen molar-refractivity contribution in [3.63, 3.8) is 0 Å². The van der Waals surface area contributed by atoms with Crippen LogP contribution in [0.5, 0.6) is 0 Å². The summed E-state index contributed by atoms with van der Waals surface area (Å²) in [6.45, 7) is 27.4. The van der Waals surface area contributed by atoms with Gasteiger partial charge in [-0.05, 0) is 191 Å². The molecule has 0 fully saturated rings. The third-order valence-electron chi connectivity index (χ3n) is 16.0. The molecule has 11 aromatic rings. The Bertz CT molecular complexity index is 3860. The van der Waals surface area contributed by atoms with E-state index in [0.717, 1.165) is 12.0 Å². The molecule has 0 nitrogen and oxygen atoms in total. The van der Waals surface area contributed by atoms with Gasteiger partial charge >= 0.3 is 0 Å². The second-order valence-corrected chi connectivity index (χ2v) is 22.7. The first-order chi connectivity index (χ1) is 41.2. The Labute approximate surface area is 508 Å². The zero-order chi connectivity index (χ0) is 60.5. The van der Waals surface area contributed by atoms with E-state index in [4.69, 9.17) is 0 Å². The molecule has 0 aliphatic heterocycles. The Morgan fingerprint density at radius 1 is 0.471 bits per heavy atom. The van der Waals surface area contributed by atoms with Crippen LogP contribution in [0.3, 0.4) is 0 Å². The molecule has 0 atom stereocenters. The number of halogens is 1. The van der Waals surface area contributed by atoms with Crippen LogP contribution in [0.15, 0.2) is 285 Å². The smallest absolute Gasteiger partial charge is 0.123 e. The molecule has 1 heteroatoms. The van der Waals surface area contributed by atoms with E-state index in [1.165, 1.54) is 134 Å².